The van der Waals surface area contributed by atoms with Crippen LogP contribution in [0.5, 0.6) is 0 Å². The number of unbranched alkanes of at least 4 members (excludes halogenated alkanes) is 30. The van der Waals surface area contributed by atoms with Crippen molar-refractivity contribution in [2.45, 2.75) is 270 Å². The summed E-state index contributed by atoms with van der Waals surface area (Å²) in [5.41, 5.74) is 0. The molecule has 0 spiro atoms. The Hall–Kier alpha value is -1.66. The SMILES string of the molecule is CCCCCCC/C=C\CCCCCCCC(=O)OCCCC/C=C\CCCCCCCC(=O)NC(CO)C(O)CCCCCCCCCCCCCCCC. The van der Waals surface area contributed by atoms with Gasteiger partial charge in [-0.3, -0.25) is 9.59 Å². The molecule has 2 atom stereocenters. The Balaban J connectivity index is 3.53. The molecule has 0 rings (SSSR count). The summed E-state index contributed by atoms with van der Waals surface area (Å²) in [5, 5.41) is 23.2. The van der Waals surface area contributed by atoms with Gasteiger partial charge in [0.25, 0.3) is 0 Å². The van der Waals surface area contributed by atoms with Crippen molar-refractivity contribution in [3.63, 3.8) is 0 Å². The molecular formula is C50H95NO5. The summed E-state index contributed by atoms with van der Waals surface area (Å²) in [5.74, 6) is -0.105. The van der Waals surface area contributed by atoms with Gasteiger partial charge in [0.2, 0.25) is 5.91 Å². The Morgan fingerprint density at radius 2 is 0.839 bits per heavy atom. The number of amides is 1. The molecule has 330 valence electrons. The zero-order valence-electron chi connectivity index (χ0n) is 37.4. The van der Waals surface area contributed by atoms with Gasteiger partial charge in [-0.1, -0.05) is 192 Å². The van der Waals surface area contributed by atoms with E-state index >= 15 is 0 Å². The lowest BCUT2D eigenvalue weighted by molar-refractivity contribution is -0.143. The first-order valence-corrected chi connectivity index (χ1v) is 24.6. The number of rotatable bonds is 45. The first kappa shape index (κ1) is 54.3. The Morgan fingerprint density at radius 1 is 0.482 bits per heavy atom. The monoisotopic (exact) mass is 790 g/mol. The van der Waals surface area contributed by atoms with Crippen LogP contribution in [-0.4, -0.2) is 47.4 Å². The molecule has 0 aliphatic heterocycles. The van der Waals surface area contributed by atoms with Crippen molar-refractivity contribution in [1.29, 1.82) is 0 Å². The average Bonchev–Trinajstić information content (AvgIpc) is 3.20. The van der Waals surface area contributed by atoms with Crippen molar-refractivity contribution in [2.24, 2.45) is 0 Å². The van der Waals surface area contributed by atoms with Gasteiger partial charge < -0.3 is 20.3 Å². The van der Waals surface area contributed by atoms with E-state index < -0.39 is 12.1 Å². The van der Waals surface area contributed by atoms with Gasteiger partial charge in [-0.05, 0) is 77.0 Å². The first-order chi connectivity index (χ1) is 27.5. The van der Waals surface area contributed by atoms with Crippen LogP contribution >= 0.6 is 0 Å². The topological polar surface area (TPSA) is 95.9 Å². The Morgan fingerprint density at radius 3 is 1.27 bits per heavy atom. The smallest absolute Gasteiger partial charge is 0.305 e. The summed E-state index contributed by atoms with van der Waals surface area (Å²) in [6, 6.07) is -0.562. The number of aliphatic hydroxyl groups is 2. The molecule has 6 heteroatoms. The minimum atomic E-state index is -0.682. The number of ether oxygens (including phenoxy) is 1. The number of nitrogens with one attached hydrogen (secondary N) is 1. The van der Waals surface area contributed by atoms with Crippen molar-refractivity contribution in [3.8, 4) is 0 Å². The van der Waals surface area contributed by atoms with Crippen LogP contribution in [0.15, 0.2) is 24.3 Å². The standard InChI is InChI=1S/C50H95NO5/c1-3-5-7-9-11-13-15-17-19-22-26-30-34-38-42-48(53)47(46-52)51-49(54)43-39-35-31-27-23-21-25-29-33-37-41-45-56-50(55)44-40-36-32-28-24-20-18-16-14-12-10-8-6-4-2/h16,18,25,29,47-48,52-53H,3-15,17,19-24,26-28,30-46H2,1-2H3,(H,51,54)/b18-16-,29-25-. The largest absolute Gasteiger partial charge is 0.466 e. The summed E-state index contributed by atoms with van der Waals surface area (Å²) in [6.45, 7) is 4.85. The number of hydrogen-bond donors (Lipinski definition) is 3. The normalized spacial score (nSPS) is 12.9. The van der Waals surface area contributed by atoms with Crippen LogP contribution in [0.3, 0.4) is 0 Å². The van der Waals surface area contributed by atoms with Crippen LogP contribution in [-0.2, 0) is 14.3 Å². The molecule has 0 radical (unpaired) electrons. The highest BCUT2D eigenvalue weighted by Gasteiger charge is 2.20. The van der Waals surface area contributed by atoms with Crippen molar-refractivity contribution in [3.05, 3.63) is 24.3 Å². The van der Waals surface area contributed by atoms with E-state index in [2.05, 4.69) is 43.5 Å². The van der Waals surface area contributed by atoms with Crippen LogP contribution < -0.4 is 5.32 Å². The lowest BCUT2D eigenvalue weighted by atomic mass is 10.0. The van der Waals surface area contributed by atoms with Gasteiger partial charge in [-0.15, -0.1) is 0 Å². The average molecular weight is 790 g/mol. The van der Waals surface area contributed by atoms with Gasteiger partial charge >= 0.3 is 5.97 Å². The van der Waals surface area contributed by atoms with Crippen LogP contribution in [0.1, 0.15) is 258 Å². The van der Waals surface area contributed by atoms with E-state index in [0.717, 1.165) is 83.5 Å². The van der Waals surface area contributed by atoms with E-state index in [9.17, 15) is 19.8 Å². The van der Waals surface area contributed by atoms with Crippen molar-refractivity contribution in [1.82, 2.24) is 5.32 Å². The molecule has 0 aliphatic rings. The Kier molecular flexibility index (Phi) is 44.7. The maximum Gasteiger partial charge on any atom is 0.305 e. The van der Waals surface area contributed by atoms with Gasteiger partial charge in [0.05, 0.1) is 25.4 Å². The van der Waals surface area contributed by atoms with Gasteiger partial charge in [-0.25, -0.2) is 0 Å². The molecule has 1 amide bonds. The molecule has 56 heavy (non-hydrogen) atoms. The van der Waals surface area contributed by atoms with E-state index in [-0.39, 0.29) is 18.5 Å². The molecule has 0 heterocycles. The highest BCUT2D eigenvalue weighted by molar-refractivity contribution is 5.76. The van der Waals surface area contributed by atoms with Crippen LogP contribution in [0.4, 0.5) is 0 Å². The zero-order chi connectivity index (χ0) is 40.8. The van der Waals surface area contributed by atoms with Crippen LogP contribution in [0, 0.1) is 0 Å². The van der Waals surface area contributed by atoms with Gasteiger partial charge in [-0.2, -0.15) is 0 Å². The summed E-state index contributed by atoms with van der Waals surface area (Å²) in [4.78, 5) is 24.4. The molecule has 2 unspecified atom stereocenters. The highest BCUT2D eigenvalue weighted by atomic mass is 16.5. The number of allylic oxidation sites excluding steroid dienone is 4. The quantitative estimate of drug-likeness (QED) is 0.0324. The Bertz CT molecular complexity index is 874. The maximum atomic E-state index is 12.4. The molecular weight excluding hydrogens is 695 g/mol. The van der Waals surface area contributed by atoms with Crippen LogP contribution in [0.25, 0.3) is 0 Å². The summed E-state index contributed by atoms with van der Waals surface area (Å²) < 4.78 is 5.42. The minimum Gasteiger partial charge on any atom is -0.466 e. The van der Waals surface area contributed by atoms with Gasteiger partial charge in [0, 0.05) is 12.8 Å². The summed E-state index contributed by atoms with van der Waals surface area (Å²) in [7, 11) is 0. The molecule has 0 aromatic rings. The third-order valence-corrected chi connectivity index (χ3v) is 11.2. The second kappa shape index (κ2) is 46.0. The first-order valence-electron chi connectivity index (χ1n) is 24.6. The lowest BCUT2D eigenvalue weighted by Crippen LogP contribution is -2.45. The molecule has 0 bridgehead atoms. The second-order valence-corrected chi connectivity index (χ2v) is 16.8. The fourth-order valence-corrected chi connectivity index (χ4v) is 7.39. The van der Waals surface area contributed by atoms with Crippen molar-refractivity contribution in [2.75, 3.05) is 13.2 Å². The molecule has 0 saturated carbocycles. The third kappa shape index (κ3) is 42.0. The summed E-state index contributed by atoms with van der Waals surface area (Å²) >= 11 is 0. The predicted octanol–water partition coefficient (Wildman–Crippen LogP) is 14.3. The zero-order valence-corrected chi connectivity index (χ0v) is 37.4. The second-order valence-electron chi connectivity index (χ2n) is 16.8. The number of carbonyl (C=O) groups excluding carboxylic acids is 2. The molecule has 0 saturated heterocycles. The van der Waals surface area contributed by atoms with Crippen molar-refractivity contribution >= 4 is 11.9 Å². The number of hydrogen-bond acceptors (Lipinski definition) is 5. The predicted molar refractivity (Wildman–Crippen MR) is 241 cm³/mol. The van der Waals surface area contributed by atoms with Crippen LogP contribution in [0.2, 0.25) is 0 Å². The van der Waals surface area contributed by atoms with Crippen molar-refractivity contribution < 1.29 is 24.5 Å². The lowest BCUT2D eigenvalue weighted by Gasteiger charge is -2.22. The number of carbonyl (C=O) groups is 2. The molecule has 3 N–H and O–H groups in total. The van der Waals surface area contributed by atoms with E-state index in [1.54, 1.807) is 0 Å². The molecule has 0 fully saturated rings. The van der Waals surface area contributed by atoms with E-state index in [1.807, 2.05) is 0 Å². The minimum absolute atomic E-state index is 0.0400. The third-order valence-electron chi connectivity index (χ3n) is 11.2. The molecule has 6 nitrogen and oxygen atoms in total. The van der Waals surface area contributed by atoms with E-state index in [0.29, 0.717) is 25.9 Å². The fraction of sp³-hybridized carbons (Fsp3) is 0.880. The Labute approximate surface area is 348 Å². The molecule has 0 aromatic heterocycles. The maximum absolute atomic E-state index is 12.4. The van der Waals surface area contributed by atoms with E-state index in [1.165, 1.54) is 141 Å². The van der Waals surface area contributed by atoms with E-state index in [4.69, 9.17) is 4.74 Å². The molecule has 0 aromatic carbocycles. The van der Waals surface area contributed by atoms with Gasteiger partial charge in [0.1, 0.15) is 0 Å². The number of aliphatic hydroxyl groups excluding tert-OH is 2. The highest BCUT2D eigenvalue weighted by Crippen LogP contribution is 2.15. The fourth-order valence-electron chi connectivity index (χ4n) is 7.39. The summed E-state index contributed by atoms with van der Waals surface area (Å²) in [6.07, 6.45) is 52.8. The number of esters is 1. The molecule has 0 aliphatic carbocycles. The van der Waals surface area contributed by atoms with Gasteiger partial charge in [0.15, 0.2) is 0 Å².